The summed E-state index contributed by atoms with van der Waals surface area (Å²) < 4.78 is 31.3. The van der Waals surface area contributed by atoms with Gasteiger partial charge in [-0.2, -0.15) is 4.31 Å². The van der Waals surface area contributed by atoms with Gasteiger partial charge in [0.2, 0.25) is 5.91 Å². The molecule has 0 atom stereocenters. The van der Waals surface area contributed by atoms with E-state index >= 15 is 0 Å². The molecule has 0 radical (unpaired) electrons. The van der Waals surface area contributed by atoms with Crippen molar-refractivity contribution in [2.45, 2.75) is 24.0 Å². The number of thiophene rings is 1. The van der Waals surface area contributed by atoms with Gasteiger partial charge in [-0.05, 0) is 37.8 Å². The largest absolute Gasteiger partial charge is 0.465 e. The zero-order valence-electron chi connectivity index (χ0n) is 14.1. The topological polar surface area (TPSA) is 84.0 Å². The van der Waals surface area contributed by atoms with Crippen LogP contribution in [-0.2, 0) is 24.3 Å². The first kappa shape index (κ1) is 20.2. The van der Waals surface area contributed by atoms with Crippen LogP contribution >= 0.6 is 22.9 Å². The van der Waals surface area contributed by atoms with E-state index in [1.807, 2.05) is 0 Å². The second kappa shape index (κ2) is 8.48. The Labute approximate surface area is 156 Å². The number of rotatable bonds is 9. The minimum Gasteiger partial charge on any atom is -0.465 e. The van der Waals surface area contributed by atoms with Gasteiger partial charge in [-0.25, -0.2) is 8.42 Å². The summed E-state index contributed by atoms with van der Waals surface area (Å²) in [6.07, 6.45) is 2.02. The summed E-state index contributed by atoms with van der Waals surface area (Å²) in [7, 11) is -2.46. The molecule has 140 valence electrons. The molecule has 1 saturated carbocycles. The molecule has 2 rings (SSSR count). The van der Waals surface area contributed by atoms with E-state index in [0.29, 0.717) is 16.8 Å². The predicted molar refractivity (Wildman–Crippen MR) is 95.1 cm³/mol. The van der Waals surface area contributed by atoms with Gasteiger partial charge in [0.1, 0.15) is 10.8 Å². The number of halogens is 1. The Bertz CT molecular complexity index is 730. The Balaban J connectivity index is 2.04. The molecule has 1 aromatic rings. The van der Waals surface area contributed by atoms with Gasteiger partial charge < -0.3 is 9.64 Å². The minimum absolute atomic E-state index is 0.0759. The fraction of sp³-hybridized carbons (Fsp3) is 0.600. The van der Waals surface area contributed by atoms with Crippen molar-refractivity contribution < 1.29 is 22.7 Å². The first-order valence-corrected chi connectivity index (χ1v) is 10.5. The smallest absolute Gasteiger partial charge is 0.325 e. The van der Waals surface area contributed by atoms with E-state index in [0.717, 1.165) is 28.5 Å². The Kier molecular flexibility index (Phi) is 6.84. The van der Waals surface area contributed by atoms with Crippen LogP contribution < -0.4 is 0 Å². The van der Waals surface area contributed by atoms with Crippen molar-refractivity contribution in [3.05, 3.63) is 16.5 Å². The second-order valence-corrected chi connectivity index (χ2v) is 9.83. The number of likely N-dealkylation sites (N-methyl/N-ethyl adjacent to an activating group) is 1. The van der Waals surface area contributed by atoms with Crippen molar-refractivity contribution in [1.29, 1.82) is 0 Å². The van der Waals surface area contributed by atoms with Gasteiger partial charge in [0.25, 0.3) is 10.0 Å². The molecule has 25 heavy (non-hydrogen) atoms. The summed E-state index contributed by atoms with van der Waals surface area (Å²) in [5.41, 5.74) is 0. The standard InChI is InChI=1S/C15H21ClN2O5S2/c1-3-23-14(20)10-18(8-11-4-5-11)13(19)9-17(2)25(21,22)15-7-6-12(16)24-15/h6-7,11H,3-5,8-10H2,1-2H3. The number of amides is 1. The molecular formula is C15H21ClN2O5S2. The first-order valence-electron chi connectivity index (χ1n) is 7.89. The molecule has 0 spiro atoms. The van der Waals surface area contributed by atoms with E-state index in [4.69, 9.17) is 16.3 Å². The van der Waals surface area contributed by atoms with Crippen molar-refractivity contribution in [2.75, 3.05) is 33.3 Å². The lowest BCUT2D eigenvalue weighted by molar-refractivity contribution is -0.149. The number of hydrogen-bond acceptors (Lipinski definition) is 6. The van der Waals surface area contributed by atoms with Gasteiger partial charge in [0.15, 0.2) is 0 Å². The molecule has 0 unspecified atom stereocenters. The number of carbonyl (C=O) groups excluding carboxylic acids is 2. The molecule has 1 fully saturated rings. The van der Waals surface area contributed by atoms with E-state index in [1.54, 1.807) is 6.92 Å². The number of sulfonamides is 1. The van der Waals surface area contributed by atoms with Crippen molar-refractivity contribution >= 4 is 44.8 Å². The predicted octanol–water partition coefficient (Wildman–Crippen LogP) is 1.82. The Hall–Kier alpha value is -1.16. The van der Waals surface area contributed by atoms with Crippen LogP contribution in [0.2, 0.25) is 4.34 Å². The second-order valence-electron chi connectivity index (χ2n) is 5.84. The maximum Gasteiger partial charge on any atom is 0.325 e. The molecule has 0 saturated heterocycles. The summed E-state index contributed by atoms with van der Waals surface area (Å²) in [6, 6.07) is 2.90. The van der Waals surface area contributed by atoms with E-state index in [9.17, 15) is 18.0 Å². The van der Waals surface area contributed by atoms with Crippen LogP contribution in [0.15, 0.2) is 16.3 Å². The maximum absolute atomic E-state index is 12.5. The highest BCUT2D eigenvalue weighted by Crippen LogP contribution is 2.30. The van der Waals surface area contributed by atoms with Gasteiger partial charge >= 0.3 is 5.97 Å². The van der Waals surface area contributed by atoms with E-state index < -0.39 is 21.9 Å². The average molecular weight is 409 g/mol. The van der Waals surface area contributed by atoms with Gasteiger partial charge in [0.05, 0.1) is 17.5 Å². The Morgan fingerprint density at radius 2 is 2.00 bits per heavy atom. The zero-order chi connectivity index (χ0) is 18.6. The van der Waals surface area contributed by atoms with Gasteiger partial charge in [-0.3, -0.25) is 9.59 Å². The number of carbonyl (C=O) groups is 2. The number of nitrogens with zero attached hydrogens (tertiary/aromatic N) is 2. The molecule has 1 amide bonds. The van der Waals surface area contributed by atoms with Crippen molar-refractivity contribution in [2.24, 2.45) is 5.92 Å². The maximum atomic E-state index is 12.5. The lowest BCUT2D eigenvalue weighted by Crippen LogP contribution is -2.44. The van der Waals surface area contributed by atoms with Crippen LogP contribution in [0.3, 0.4) is 0 Å². The normalized spacial score (nSPS) is 14.6. The van der Waals surface area contributed by atoms with Crippen LogP contribution in [0, 0.1) is 5.92 Å². The SMILES string of the molecule is CCOC(=O)CN(CC1CC1)C(=O)CN(C)S(=O)(=O)c1ccc(Cl)s1. The Morgan fingerprint density at radius 1 is 1.32 bits per heavy atom. The molecule has 1 heterocycles. The Morgan fingerprint density at radius 3 is 2.52 bits per heavy atom. The van der Waals surface area contributed by atoms with E-state index in [2.05, 4.69) is 0 Å². The van der Waals surface area contributed by atoms with Crippen LogP contribution in [0.1, 0.15) is 19.8 Å². The van der Waals surface area contributed by atoms with Crippen LogP contribution in [0.5, 0.6) is 0 Å². The summed E-state index contributed by atoms with van der Waals surface area (Å²) in [6.45, 7) is 1.86. The molecule has 1 aliphatic carbocycles. The van der Waals surface area contributed by atoms with Crippen LogP contribution in [0.4, 0.5) is 0 Å². The quantitative estimate of drug-likeness (QED) is 0.582. The highest BCUT2D eigenvalue weighted by molar-refractivity contribution is 7.91. The van der Waals surface area contributed by atoms with Crippen molar-refractivity contribution in [3.8, 4) is 0 Å². The highest BCUT2D eigenvalue weighted by atomic mass is 35.5. The van der Waals surface area contributed by atoms with Crippen molar-refractivity contribution in [1.82, 2.24) is 9.21 Å². The molecular weight excluding hydrogens is 388 g/mol. The molecule has 0 aliphatic heterocycles. The third kappa shape index (κ3) is 5.67. The molecule has 0 aromatic carbocycles. The van der Waals surface area contributed by atoms with E-state index in [1.165, 1.54) is 24.1 Å². The molecule has 7 nitrogen and oxygen atoms in total. The van der Waals surface area contributed by atoms with Crippen LogP contribution in [0.25, 0.3) is 0 Å². The van der Waals surface area contributed by atoms with Gasteiger partial charge in [-0.1, -0.05) is 11.6 Å². The molecule has 1 aliphatic rings. The number of hydrogen-bond donors (Lipinski definition) is 0. The van der Waals surface area contributed by atoms with E-state index in [-0.39, 0.29) is 23.9 Å². The van der Waals surface area contributed by atoms with Gasteiger partial charge in [-0.15, -0.1) is 11.3 Å². The number of ether oxygens (including phenoxy) is 1. The van der Waals surface area contributed by atoms with Gasteiger partial charge in [0, 0.05) is 13.6 Å². The highest BCUT2D eigenvalue weighted by Gasteiger charge is 2.31. The lowest BCUT2D eigenvalue weighted by Gasteiger charge is -2.24. The molecule has 10 heteroatoms. The summed E-state index contributed by atoms with van der Waals surface area (Å²) in [4.78, 5) is 25.6. The number of esters is 1. The lowest BCUT2D eigenvalue weighted by atomic mass is 10.3. The fourth-order valence-corrected chi connectivity index (χ4v) is 5.01. The molecule has 1 aromatic heterocycles. The average Bonchev–Trinajstić information content (AvgIpc) is 3.24. The summed E-state index contributed by atoms with van der Waals surface area (Å²) in [5.74, 6) is -0.544. The summed E-state index contributed by atoms with van der Waals surface area (Å²) >= 11 is 6.72. The summed E-state index contributed by atoms with van der Waals surface area (Å²) in [5, 5.41) is 0. The third-order valence-electron chi connectivity index (χ3n) is 3.72. The molecule has 0 N–H and O–H groups in total. The zero-order valence-corrected chi connectivity index (χ0v) is 16.5. The molecule has 0 bridgehead atoms. The monoisotopic (exact) mass is 408 g/mol. The first-order chi connectivity index (χ1) is 11.7. The minimum atomic E-state index is -3.79. The fourth-order valence-electron chi connectivity index (χ4n) is 2.19. The van der Waals surface area contributed by atoms with Crippen LogP contribution in [-0.4, -0.2) is 62.8 Å². The van der Waals surface area contributed by atoms with Crippen molar-refractivity contribution in [3.63, 3.8) is 0 Å². The third-order valence-corrected chi connectivity index (χ3v) is 7.23.